The maximum absolute atomic E-state index is 11.9. The van der Waals surface area contributed by atoms with Gasteiger partial charge in [-0.15, -0.1) is 0 Å². The van der Waals surface area contributed by atoms with Crippen molar-refractivity contribution in [2.45, 2.75) is 19.4 Å². The van der Waals surface area contributed by atoms with Crippen LogP contribution in [0.5, 0.6) is 5.75 Å². The first-order valence-electron chi connectivity index (χ1n) is 7.09. The number of benzene rings is 1. The van der Waals surface area contributed by atoms with Crippen molar-refractivity contribution in [3.63, 3.8) is 0 Å². The van der Waals surface area contributed by atoms with Gasteiger partial charge in [0, 0.05) is 0 Å². The van der Waals surface area contributed by atoms with Gasteiger partial charge in [0.25, 0.3) is 5.91 Å². The lowest BCUT2D eigenvalue weighted by Gasteiger charge is -2.22. The van der Waals surface area contributed by atoms with Gasteiger partial charge in [0.2, 0.25) is 0 Å². The minimum absolute atomic E-state index is 0.171. The number of carbonyl (C=O) groups is 2. The van der Waals surface area contributed by atoms with Crippen molar-refractivity contribution in [2.75, 3.05) is 21.3 Å². The summed E-state index contributed by atoms with van der Waals surface area (Å²) in [4.78, 5) is 28.1. The molecule has 0 aliphatic heterocycles. The van der Waals surface area contributed by atoms with E-state index >= 15 is 0 Å². The van der Waals surface area contributed by atoms with Crippen molar-refractivity contribution in [1.82, 2.24) is 5.32 Å². The predicted octanol–water partition coefficient (Wildman–Crippen LogP) is 1.16. The molecule has 7 nitrogen and oxygen atoms in total. The smallest absolute Gasteiger partial charge is 0.328 e. The number of ether oxygens (including phenoxy) is 2. The molecular formula is C16H22N2O5. The number of nitrogens with zero attached hydrogens (tertiary/aromatic N) is 1. The third-order valence-electron chi connectivity index (χ3n) is 3.31. The zero-order valence-corrected chi connectivity index (χ0v) is 13.7. The van der Waals surface area contributed by atoms with Crippen LogP contribution < -0.4 is 10.1 Å². The molecule has 0 fully saturated rings. The molecule has 1 aromatic carbocycles. The van der Waals surface area contributed by atoms with Crippen LogP contribution in [0.15, 0.2) is 29.4 Å². The van der Waals surface area contributed by atoms with Crippen LogP contribution in [0.1, 0.15) is 12.5 Å². The molecule has 0 aliphatic rings. The minimum atomic E-state index is -0.780. The van der Waals surface area contributed by atoms with Crippen molar-refractivity contribution in [2.24, 2.45) is 11.1 Å². The van der Waals surface area contributed by atoms with Gasteiger partial charge in [-0.1, -0.05) is 24.2 Å². The highest BCUT2D eigenvalue weighted by Crippen LogP contribution is 2.17. The first-order chi connectivity index (χ1) is 11.0. The van der Waals surface area contributed by atoms with Crippen molar-refractivity contribution in [3.8, 4) is 5.75 Å². The van der Waals surface area contributed by atoms with Gasteiger partial charge in [-0.05, 0) is 30.0 Å². The SMILES string of the molecule is CO/N=C/C(=O)N[C@H](C(=O)OC)[C@H](C)Cc1ccc(OC)cc1. The summed E-state index contributed by atoms with van der Waals surface area (Å²) in [6.07, 6.45) is 1.56. The van der Waals surface area contributed by atoms with Gasteiger partial charge in [-0.3, -0.25) is 4.79 Å². The van der Waals surface area contributed by atoms with Gasteiger partial charge in [-0.2, -0.15) is 0 Å². The molecular weight excluding hydrogens is 300 g/mol. The fourth-order valence-corrected chi connectivity index (χ4v) is 2.10. The Labute approximate surface area is 135 Å². The Morgan fingerprint density at radius 3 is 2.39 bits per heavy atom. The fraction of sp³-hybridized carbons (Fsp3) is 0.438. The number of nitrogens with one attached hydrogen (secondary N) is 1. The van der Waals surface area contributed by atoms with Crippen LogP contribution in [-0.4, -0.2) is 45.5 Å². The number of esters is 1. The first kappa shape index (κ1) is 18.5. The molecule has 0 aliphatic carbocycles. The van der Waals surface area contributed by atoms with Gasteiger partial charge in [0.1, 0.15) is 25.1 Å². The molecule has 0 aromatic heterocycles. The van der Waals surface area contributed by atoms with Gasteiger partial charge in [-0.25, -0.2) is 4.79 Å². The maximum Gasteiger partial charge on any atom is 0.328 e. The highest BCUT2D eigenvalue weighted by Gasteiger charge is 2.27. The molecule has 1 aromatic rings. The second-order valence-corrected chi connectivity index (χ2v) is 4.96. The number of methoxy groups -OCH3 is 2. The first-order valence-corrected chi connectivity index (χ1v) is 7.09. The van der Waals surface area contributed by atoms with Crippen molar-refractivity contribution in [1.29, 1.82) is 0 Å². The second kappa shape index (κ2) is 9.45. The monoisotopic (exact) mass is 322 g/mol. The Balaban J connectivity index is 2.77. The molecule has 1 amide bonds. The third kappa shape index (κ3) is 5.98. The molecule has 0 unspecified atom stereocenters. The molecule has 23 heavy (non-hydrogen) atoms. The van der Waals surface area contributed by atoms with Gasteiger partial charge < -0.3 is 19.6 Å². The highest BCUT2D eigenvalue weighted by atomic mass is 16.6. The highest BCUT2D eigenvalue weighted by molar-refractivity contribution is 6.26. The molecule has 0 heterocycles. The zero-order chi connectivity index (χ0) is 17.2. The topological polar surface area (TPSA) is 86.2 Å². The minimum Gasteiger partial charge on any atom is -0.497 e. The number of hydrogen-bond acceptors (Lipinski definition) is 6. The van der Waals surface area contributed by atoms with E-state index < -0.39 is 17.9 Å². The maximum atomic E-state index is 11.9. The quantitative estimate of drug-likeness (QED) is 0.441. The molecule has 0 bridgehead atoms. The predicted molar refractivity (Wildman–Crippen MR) is 85.3 cm³/mol. The molecule has 0 saturated carbocycles. The Morgan fingerprint density at radius 2 is 1.87 bits per heavy atom. The summed E-state index contributed by atoms with van der Waals surface area (Å²) in [5.41, 5.74) is 1.02. The number of amides is 1. The summed E-state index contributed by atoms with van der Waals surface area (Å²) in [7, 11) is 4.21. The van der Waals surface area contributed by atoms with Crippen molar-refractivity contribution >= 4 is 18.1 Å². The lowest BCUT2D eigenvalue weighted by atomic mass is 9.93. The van der Waals surface area contributed by atoms with E-state index in [9.17, 15) is 9.59 Å². The molecule has 7 heteroatoms. The Kier molecular flexibility index (Phi) is 7.59. The van der Waals surface area contributed by atoms with E-state index in [0.29, 0.717) is 6.42 Å². The lowest BCUT2D eigenvalue weighted by Crippen LogP contribution is -2.46. The van der Waals surface area contributed by atoms with E-state index in [0.717, 1.165) is 17.5 Å². The average molecular weight is 322 g/mol. The number of rotatable bonds is 8. The van der Waals surface area contributed by atoms with E-state index in [1.807, 2.05) is 31.2 Å². The molecule has 0 radical (unpaired) electrons. The average Bonchev–Trinajstić information content (AvgIpc) is 2.57. The summed E-state index contributed by atoms with van der Waals surface area (Å²) >= 11 is 0. The molecule has 0 saturated heterocycles. The number of carbonyl (C=O) groups excluding carboxylic acids is 2. The lowest BCUT2D eigenvalue weighted by molar-refractivity contribution is -0.145. The van der Waals surface area contributed by atoms with Gasteiger partial charge in [0.05, 0.1) is 14.2 Å². The van der Waals surface area contributed by atoms with Crippen LogP contribution in [0.4, 0.5) is 0 Å². The van der Waals surface area contributed by atoms with Crippen LogP contribution in [0, 0.1) is 5.92 Å². The number of oxime groups is 1. The second-order valence-electron chi connectivity index (χ2n) is 4.96. The Bertz CT molecular complexity index is 542. The van der Waals surface area contributed by atoms with Crippen LogP contribution >= 0.6 is 0 Å². The van der Waals surface area contributed by atoms with Gasteiger partial charge >= 0.3 is 5.97 Å². The largest absolute Gasteiger partial charge is 0.497 e. The van der Waals surface area contributed by atoms with E-state index in [-0.39, 0.29) is 5.92 Å². The summed E-state index contributed by atoms with van der Waals surface area (Å²) in [5.74, 6) is -0.445. The normalized spacial score (nSPS) is 13.2. The summed E-state index contributed by atoms with van der Waals surface area (Å²) in [6, 6.07) is 6.74. The molecule has 126 valence electrons. The van der Waals surface area contributed by atoms with Crippen molar-refractivity contribution in [3.05, 3.63) is 29.8 Å². The Hall–Kier alpha value is -2.57. The molecule has 1 N–H and O–H groups in total. The summed E-state index contributed by atoms with van der Waals surface area (Å²) in [6.45, 7) is 1.86. The molecule has 0 spiro atoms. The summed E-state index contributed by atoms with van der Waals surface area (Å²) < 4.78 is 9.87. The standard InChI is InChI=1S/C16H22N2O5/c1-11(9-12-5-7-13(21-2)8-6-12)15(16(20)22-3)18-14(19)10-17-23-4/h5-8,10-11,15H,9H2,1-4H3,(H,18,19)/b17-10+/t11-,15+/m1/s1. The third-order valence-corrected chi connectivity index (χ3v) is 3.31. The van der Waals surface area contributed by atoms with Crippen LogP contribution in [-0.2, 0) is 25.6 Å². The summed E-state index contributed by atoms with van der Waals surface area (Å²) in [5, 5.41) is 5.95. The van der Waals surface area contributed by atoms with Crippen LogP contribution in [0.25, 0.3) is 0 Å². The van der Waals surface area contributed by atoms with Crippen LogP contribution in [0.2, 0.25) is 0 Å². The van der Waals surface area contributed by atoms with E-state index in [1.54, 1.807) is 7.11 Å². The number of hydrogen-bond donors (Lipinski definition) is 1. The molecule has 2 atom stereocenters. The van der Waals surface area contributed by atoms with E-state index in [4.69, 9.17) is 9.47 Å². The van der Waals surface area contributed by atoms with E-state index in [1.165, 1.54) is 14.2 Å². The molecule has 1 rings (SSSR count). The van der Waals surface area contributed by atoms with E-state index in [2.05, 4.69) is 15.3 Å². The Morgan fingerprint density at radius 1 is 1.22 bits per heavy atom. The van der Waals surface area contributed by atoms with Gasteiger partial charge in [0.15, 0.2) is 0 Å². The fourth-order valence-electron chi connectivity index (χ4n) is 2.10. The van der Waals surface area contributed by atoms with Crippen molar-refractivity contribution < 1.29 is 23.9 Å². The van der Waals surface area contributed by atoms with Crippen LogP contribution in [0.3, 0.4) is 0 Å². The zero-order valence-electron chi connectivity index (χ0n) is 13.7.